The fourth-order valence-electron chi connectivity index (χ4n) is 1.30. The van der Waals surface area contributed by atoms with Gasteiger partial charge in [0.25, 0.3) is 0 Å². The summed E-state index contributed by atoms with van der Waals surface area (Å²) in [7, 11) is 0. The summed E-state index contributed by atoms with van der Waals surface area (Å²) in [6, 6.07) is 1.85. The molecule has 0 N–H and O–H groups in total. The van der Waals surface area contributed by atoms with E-state index in [1.54, 1.807) is 0 Å². The maximum absolute atomic E-state index is 11.4. The summed E-state index contributed by atoms with van der Waals surface area (Å²) >= 11 is 0. The van der Waals surface area contributed by atoms with Crippen LogP contribution in [0.25, 0.3) is 0 Å². The lowest BCUT2D eigenvalue weighted by atomic mass is 10.2. The normalized spacial score (nSPS) is 9.47. The Morgan fingerprint density at radius 2 is 1.89 bits per heavy atom. The highest BCUT2D eigenvalue weighted by Crippen LogP contribution is 2.05. The van der Waals surface area contributed by atoms with Gasteiger partial charge in [0.05, 0.1) is 25.5 Å². The molecule has 5 nitrogen and oxygen atoms in total. The molecule has 19 heavy (non-hydrogen) atoms. The predicted octanol–water partition coefficient (Wildman–Crippen LogP) is 2.51. The van der Waals surface area contributed by atoms with Crippen LogP contribution >= 0.6 is 0 Å². The average molecular weight is 267 g/mol. The molecule has 0 fully saturated rings. The first-order valence-corrected chi connectivity index (χ1v) is 6.49. The third kappa shape index (κ3) is 9.83. The van der Waals surface area contributed by atoms with Crippen molar-refractivity contribution >= 4 is 11.9 Å². The van der Waals surface area contributed by atoms with E-state index in [9.17, 15) is 9.59 Å². The van der Waals surface area contributed by atoms with Gasteiger partial charge >= 0.3 is 11.9 Å². The monoisotopic (exact) mass is 267 g/mol. The Morgan fingerprint density at radius 3 is 2.53 bits per heavy atom. The molecule has 0 aliphatic carbocycles. The summed E-state index contributed by atoms with van der Waals surface area (Å²) in [6.45, 7) is 5.96. The Hall–Kier alpha value is -1.83. The SMILES string of the molecule is C=C(CC(=O)OCCCCCC)C(=O)OCCC#N. The molecule has 0 aromatic rings. The average Bonchev–Trinajstić information content (AvgIpc) is 2.38. The van der Waals surface area contributed by atoms with E-state index in [-0.39, 0.29) is 25.0 Å². The molecular weight excluding hydrogens is 246 g/mol. The number of ether oxygens (including phenoxy) is 2. The second kappa shape index (κ2) is 11.3. The number of rotatable bonds is 10. The van der Waals surface area contributed by atoms with Crippen LogP contribution in [0.1, 0.15) is 45.4 Å². The molecule has 0 bridgehead atoms. The summed E-state index contributed by atoms with van der Waals surface area (Å²) in [5.41, 5.74) is 0.0523. The van der Waals surface area contributed by atoms with Crippen molar-refractivity contribution in [1.29, 1.82) is 5.26 Å². The van der Waals surface area contributed by atoms with Gasteiger partial charge in [0.2, 0.25) is 0 Å². The Labute approximate surface area is 114 Å². The summed E-state index contributed by atoms with van der Waals surface area (Å²) in [5, 5.41) is 8.28. The summed E-state index contributed by atoms with van der Waals surface area (Å²) in [5.74, 6) is -1.13. The number of nitrogens with zero attached hydrogens (tertiary/aromatic N) is 1. The van der Waals surface area contributed by atoms with Crippen molar-refractivity contribution in [3.05, 3.63) is 12.2 Å². The zero-order valence-electron chi connectivity index (χ0n) is 11.4. The van der Waals surface area contributed by atoms with Gasteiger partial charge in [-0.1, -0.05) is 32.8 Å². The van der Waals surface area contributed by atoms with Crippen molar-refractivity contribution in [3.8, 4) is 6.07 Å². The lowest BCUT2D eigenvalue weighted by Gasteiger charge is -2.06. The second-order valence-corrected chi connectivity index (χ2v) is 4.11. The first kappa shape index (κ1) is 17.2. The van der Waals surface area contributed by atoms with E-state index in [0.717, 1.165) is 25.7 Å². The first-order valence-electron chi connectivity index (χ1n) is 6.49. The van der Waals surface area contributed by atoms with Crippen LogP contribution in [0.3, 0.4) is 0 Å². The molecule has 0 rings (SSSR count). The molecule has 0 heterocycles. The molecule has 0 radical (unpaired) electrons. The van der Waals surface area contributed by atoms with Crippen molar-refractivity contribution < 1.29 is 19.1 Å². The van der Waals surface area contributed by atoms with Crippen LogP contribution in [-0.4, -0.2) is 25.2 Å². The van der Waals surface area contributed by atoms with Gasteiger partial charge in [-0.25, -0.2) is 4.79 Å². The molecule has 0 spiro atoms. The molecule has 0 amide bonds. The Kier molecular flexibility index (Phi) is 10.2. The minimum absolute atomic E-state index is 0.0143. The van der Waals surface area contributed by atoms with Crippen LogP contribution in [0.5, 0.6) is 0 Å². The summed E-state index contributed by atoms with van der Waals surface area (Å²) in [6.07, 6.45) is 4.06. The number of esters is 2. The second-order valence-electron chi connectivity index (χ2n) is 4.11. The van der Waals surface area contributed by atoms with Crippen LogP contribution in [0.4, 0.5) is 0 Å². The van der Waals surface area contributed by atoms with Gasteiger partial charge in [-0.05, 0) is 6.42 Å². The molecule has 0 aliphatic heterocycles. The minimum Gasteiger partial charge on any atom is -0.465 e. The standard InChI is InChI=1S/C14H21NO4/c1-3-4-5-6-9-18-13(16)11-12(2)14(17)19-10-7-8-15/h2-7,9-11H2,1H3. The van der Waals surface area contributed by atoms with Gasteiger partial charge in [-0.15, -0.1) is 0 Å². The molecule has 106 valence electrons. The zero-order chi connectivity index (χ0) is 14.5. The molecule has 0 saturated carbocycles. The Bertz CT molecular complexity index is 344. The fourth-order valence-corrected chi connectivity index (χ4v) is 1.30. The largest absolute Gasteiger partial charge is 0.465 e. The lowest BCUT2D eigenvalue weighted by molar-refractivity contribution is -0.146. The summed E-state index contributed by atoms with van der Waals surface area (Å²) < 4.78 is 9.71. The van der Waals surface area contributed by atoms with Crippen molar-refractivity contribution in [2.75, 3.05) is 13.2 Å². The van der Waals surface area contributed by atoms with E-state index in [1.165, 1.54) is 0 Å². The van der Waals surface area contributed by atoms with Gasteiger partial charge in [0.1, 0.15) is 6.61 Å². The molecule has 0 aromatic heterocycles. The van der Waals surface area contributed by atoms with Gasteiger partial charge in [0.15, 0.2) is 0 Å². The lowest BCUT2D eigenvalue weighted by Crippen LogP contribution is -2.13. The van der Waals surface area contributed by atoms with Crippen LogP contribution in [0.15, 0.2) is 12.2 Å². The topological polar surface area (TPSA) is 76.4 Å². The van der Waals surface area contributed by atoms with E-state index in [4.69, 9.17) is 14.7 Å². The maximum atomic E-state index is 11.4. The third-order valence-corrected chi connectivity index (χ3v) is 2.35. The number of carbonyl (C=O) groups is 2. The highest BCUT2D eigenvalue weighted by molar-refractivity contribution is 5.93. The predicted molar refractivity (Wildman–Crippen MR) is 70.0 cm³/mol. The number of unbranched alkanes of at least 4 members (excludes halogenated alkanes) is 3. The maximum Gasteiger partial charge on any atom is 0.334 e. The quantitative estimate of drug-likeness (QED) is 0.345. The molecule has 5 heteroatoms. The van der Waals surface area contributed by atoms with Gasteiger partial charge in [-0.2, -0.15) is 5.26 Å². The van der Waals surface area contributed by atoms with E-state index in [2.05, 4.69) is 13.5 Å². The van der Waals surface area contributed by atoms with E-state index >= 15 is 0 Å². The number of carbonyl (C=O) groups excluding carboxylic acids is 2. The third-order valence-electron chi connectivity index (χ3n) is 2.35. The van der Waals surface area contributed by atoms with Crippen LogP contribution in [-0.2, 0) is 19.1 Å². The molecule has 0 saturated heterocycles. The summed E-state index contributed by atoms with van der Waals surface area (Å²) in [4.78, 5) is 22.7. The molecule has 0 unspecified atom stereocenters. The highest BCUT2D eigenvalue weighted by atomic mass is 16.5. The molecule has 0 aromatic carbocycles. The number of hydrogen-bond acceptors (Lipinski definition) is 5. The first-order chi connectivity index (χ1) is 9.11. The number of hydrogen-bond donors (Lipinski definition) is 0. The molecule has 0 atom stereocenters. The Balaban J connectivity index is 3.71. The van der Waals surface area contributed by atoms with Gasteiger partial charge in [-0.3, -0.25) is 4.79 Å². The van der Waals surface area contributed by atoms with Crippen molar-refractivity contribution in [3.63, 3.8) is 0 Å². The van der Waals surface area contributed by atoms with E-state index < -0.39 is 11.9 Å². The van der Waals surface area contributed by atoms with Gasteiger partial charge < -0.3 is 9.47 Å². The fraction of sp³-hybridized carbons (Fsp3) is 0.643. The molecular formula is C14H21NO4. The van der Waals surface area contributed by atoms with Crippen LogP contribution < -0.4 is 0 Å². The van der Waals surface area contributed by atoms with E-state index in [1.807, 2.05) is 6.07 Å². The van der Waals surface area contributed by atoms with Gasteiger partial charge in [0, 0.05) is 5.57 Å². The highest BCUT2D eigenvalue weighted by Gasteiger charge is 2.13. The molecule has 0 aliphatic rings. The minimum atomic E-state index is -0.654. The van der Waals surface area contributed by atoms with Crippen molar-refractivity contribution in [2.24, 2.45) is 0 Å². The van der Waals surface area contributed by atoms with Crippen molar-refractivity contribution in [2.45, 2.75) is 45.4 Å². The smallest absolute Gasteiger partial charge is 0.334 e. The van der Waals surface area contributed by atoms with Crippen LogP contribution in [0, 0.1) is 11.3 Å². The zero-order valence-corrected chi connectivity index (χ0v) is 11.4. The van der Waals surface area contributed by atoms with E-state index in [0.29, 0.717) is 6.61 Å². The van der Waals surface area contributed by atoms with Crippen LogP contribution in [0.2, 0.25) is 0 Å². The van der Waals surface area contributed by atoms with Crippen molar-refractivity contribution in [1.82, 2.24) is 0 Å². The number of nitriles is 1. The Morgan fingerprint density at radius 1 is 1.16 bits per heavy atom.